The fourth-order valence-electron chi connectivity index (χ4n) is 3.13. The van der Waals surface area contributed by atoms with Gasteiger partial charge >= 0.3 is 5.97 Å². The number of hydrogen-bond donors (Lipinski definition) is 3. The van der Waals surface area contributed by atoms with Gasteiger partial charge in [-0.15, -0.1) is 0 Å². The first-order valence-corrected chi connectivity index (χ1v) is 9.34. The molecule has 0 saturated heterocycles. The minimum Gasteiger partial charge on any atom is -0.508 e. The number of carbonyl (C=O) groups is 1. The fourth-order valence-corrected chi connectivity index (χ4v) is 3.13. The summed E-state index contributed by atoms with van der Waals surface area (Å²) >= 11 is 0. The van der Waals surface area contributed by atoms with Crippen LogP contribution in [0.15, 0.2) is 40.0 Å². The molecule has 3 N–H and O–H groups in total. The van der Waals surface area contributed by atoms with E-state index in [-0.39, 0.29) is 29.0 Å². The third-order valence-corrected chi connectivity index (χ3v) is 4.59. The molecule has 0 saturated carbocycles. The van der Waals surface area contributed by atoms with Crippen molar-refractivity contribution in [1.29, 1.82) is 0 Å². The first-order valence-electron chi connectivity index (χ1n) is 9.34. The van der Waals surface area contributed by atoms with Crippen molar-refractivity contribution in [1.82, 2.24) is 0 Å². The van der Waals surface area contributed by atoms with Crippen LogP contribution in [0.3, 0.4) is 0 Å². The van der Waals surface area contributed by atoms with Gasteiger partial charge in [0.1, 0.15) is 22.8 Å². The van der Waals surface area contributed by atoms with Gasteiger partial charge in [-0.25, -0.2) is 4.79 Å². The van der Waals surface area contributed by atoms with Gasteiger partial charge in [-0.3, -0.25) is 0 Å². The lowest BCUT2D eigenvalue weighted by Gasteiger charge is -2.11. The summed E-state index contributed by atoms with van der Waals surface area (Å²) in [5.41, 5.74) is 3.87. The number of aromatic carboxylic acids is 1. The van der Waals surface area contributed by atoms with Crippen LogP contribution in [0.2, 0.25) is 0 Å². The first kappa shape index (κ1) is 21.4. The number of hydrogen-bond acceptors (Lipinski definition) is 4. The largest absolute Gasteiger partial charge is 0.508 e. The molecule has 0 unspecified atom stereocenters. The average molecular weight is 384 g/mol. The highest BCUT2D eigenvalue weighted by Crippen LogP contribution is 2.34. The van der Waals surface area contributed by atoms with Crippen molar-refractivity contribution in [2.24, 2.45) is 0 Å². The Hall–Kier alpha value is -2.95. The molecule has 5 nitrogen and oxygen atoms in total. The normalized spacial score (nSPS) is 11.5. The van der Waals surface area contributed by atoms with Crippen LogP contribution < -0.4 is 0 Å². The molecule has 0 amide bonds. The van der Waals surface area contributed by atoms with Crippen molar-refractivity contribution in [3.05, 3.63) is 63.6 Å². The molecule has 0 atom stereocenters. The van der Waals surface area contributed by atoms with Crippen LogP contribution >= 0.6 is 0 Å². The van der Waals surface area contributed by atoms with Gasteiger partial charge in [0.25, 0.3) is 0 Å². The summed E-state index contributed by atoms with van der Waals surface area (Å²) in [7, 11) is 0. The molecule has 28 heavy (non-hydrogen) atoms. The average Bonchev–Trinajstić information content (AvgIpc) is 3.00. The van der Waals surface area contributed by atoms with Crippen LogP contribution in [0.1, 0.15) is 66.4 Å². The highest BCUT2D eigenvalue weighted by atomic mass is 16.4. The molecule has 5 heteroatoms. The van der Waals surface area contributed by atoms with E-state index in [1.165, 1.54) is 11.6 Å². The van der Waals surface area contributed by atoms with Gasteiger partial charge in [-0.2, -0.15) is 0 Å². The van der Waals surface area contributed by atoms with Crippen LogP contribution in [0, 0.1) is 6.92 Å². The Kier molecular flexibility index (Phi) is 7.10. The van der Waals surface area contributed by atoms with E-state index in [0.717, 1.165) is 36.2 Å². The van der Waals surface area contributed by atoms with Crippen molar-refractivity contribution in [2.45, 2.75) is 53.4 Å². The molecule has 0 radical (unpaired) electrons. The molecule has 0 aliphatic heterocycles. The first-order chi connectivity index (χ1) is 13.2. The number of aryl methyl sites for hydroxylation is 2. The van der Waals surface area contributed by atoms with E-state index in [1.807, 2.05) is 39.0 Å². The Morgan fingerprint density at radius 3 is 2.54 bits per heavy atom. The monoisotopic (exact) mass is 384 g/mol. The Morgan fingerprint density at radius 2 is 1.89 bits per heavy atom. The molecule has 0 spiro atoms. The Morgan fingerprint density at radius 1 is 1.18 bits per heavy atom. The van der Waals surface area contributed by atoms with Crippen molar-refractivity contribution in [3.8, 4) is 11.5 Å². The van der Waals surface area contributed by atoms with Crippen LogP contribution in [-0.2, 0) is 12.8 Å². The van der Waals surface area contributed by atoms with Gasteiger partial charge in [-0.1, -0.05) is 17.2 Å². The zero-order valence-electron chi connectivity index (χ0n) is 16.9. The molecular weight excluding hydrogens is 356 g/mol. The predicted molar refractivity (Wildman–Crippen MR) is 110 cm³/mol. The Bertz CT molecular complexity index is 911. The van der Waals surface area contributed by atoms with Gasteiger partial charge in [-0.05, 0) is 82.7 Å². The summed E-state index contributed by atoms with van der Waals surface area (Å²) in [6.07, 6.45) is 8.69. The van der Waals surface area contributed by atoms with E-state index in [2.05, 4.69) is 0 Å². The number of phenolic OH excluding ortho intramolecular Hbond substituents is 1. The second-order valence-electron chi connectivity index (χ2n) is 7.41. The molecule has 0 fully saturated rings. The SMILES string of the molecule is CC(C)=Cc1cc(CCCC(C)=CCc2c(O)cc(C)c(C(=O)O)c2O)co1. The topological polar surface area (TPSA) is 90.9 Å². The lowest BCUT2D eigenvalue weighted by molar-refractivity contribution is 0.0692. The summed E-state index contributed by atoms with van der Waals surface area (Å²) in [4.78, 5) is 11.3. The number of rotatable bonds is 8. The number of aromatic hydroxyl groups is 2. The minimum atomic E-state index is -1.20. The second-order valence-corrected chi connectivity index (χ2v) is 7.41. The number of carboxylic acids is 1. The van der Waals surface area contributed by atoms with Gasteiger partial charge in [0, 0.05) is 5.56 Å². The summed E-state index contributed by atoms with van der Waals surface area (Å²) in [5, 5.41) is 29.6. The standard InChI is InChI=1S/C23H28O5/c1-14(2)10-18-12-17(13-28-18)7-5-6-15(3)8-9-19-20(24)11-16(4)21(22(19)25)23(26)27/h8,10-13,24-25H,5-7,9H2,1-4H3,(H,26,27). The molecule has 2 rings (SSSR count). The van der Waals surface area contributed by atoms with E-state index in [0.29, 0.717) is 5.56 Å². The number of phenols is 2. The van der Waals surface area contributed by atoms with Crippen LogP contribution in [-0.4, -0.2) is 21.3 Å². The van der Waals surface area contributed by atoms with Crippen LogP contribution in [0.4, 0.5) is 0 Å². The molecule has 1 aromatic carbocycles. The maximum absolute atomic E-state index is 11.3. The van der Waals surface area contributed by atoms with Gasteiger partial charge in [0.2, 0.25) is 0 Å². The highest BCUT2D eigenvalue weighted by Gasteiger charge is 2.19. The maximum atomic E-state index is 11.3. The number of furan rings is 1. The van der Waals surface area contributed by atoms with Crippen molar-refractivity contribution in [2.75, 3.05) is 0 Å². The molecule has 150 valence electrons. The quantitative estimate of drug-likeness (QED) is 0.513. The molecular formula is C23H28O5. The smallest absolute Gasteiger partial charge is 0.339 e. The fraction of sp³-hybridized carbons (Fsp3) is 0.348. The van der Waals surface area contributed by atoms with Crippen molar-refractivity contribution >= 4 is 12.0 Å². The molecule has 0 bridgehead atoms. The highest BCUT2D eigenvalue weighted by molar-refractivity contribution is 5.93. The summed E-state index contributed by atoms with van der Waals surface area (Å²) < 4.78 is 5.51. The summed E-state index contributed by atoms with van der Waals surface area (Å²) in [6, 6.07) is 3.42. The van der Waals surface area contributed by atoms with E-state index in [1.54, 1.807) is 13.2 Å². The molecule has 1 heterocycles. The van der Waals surface area contributed by atoms with E-state index < -0.39 is 5.97 Å². The van der Waals surface area contributed by atoms with Crippen LogP contribution in [0.25, 0.3) is 6.08 Å². The summed E-state index contributed by atoms with van der Waals surface area (Å²) in [6.45, 7) is 7.59. The van der Waals surface area contributed by atoms with Gasteiger partial charge in [0.05, 0.1) is 6.26 Å². The van der Waals surface area contributed by atoms with Gasteiger partial charge < -0.3 is 19.7 Å². The minimum absolute atomic E-state index is 0.0887. The number of carboxylic acid groups (broad SMARTS) is 1. The van der Waals surface area contributed by atoms with Crippen LogP contribution in [0.5, 0.6) is 11.5 Å². The second kappa shape index (κ2) is 9.31. The lowest BCUT2D eigenvalue weighted by atomic mass is 9.98. The Labute approximate surface area is 165 Å². The van der Waals surface area contributed by atoms with Gasteiger partial charge in [0.15, 0.2) is 0 Å². The lowest BCUT2D eigenvalue weighted by Crippen LogP contribution is -2.02. The molecule has 2 aromatic rings. The van der Waals surface area contributed by atoms with Crippen molar-refractivity contribution in [3.63, 3.8) is 0 Å². The van der Waals surface area contributed by atoms with Crippen molar-refractivity contribution < 1.29 is 24.5 Å². The van der Waals surface area contributed by atoms with E-state index in [9.17, 15) is 20.1 Å². The number of benzene rings is 1. The zero-order chi connectivity index (χ0) is 20.8. The maximum Gasteiger partial charge on any atom is 0.339 e. The number of allylic oxidation sites excluding steroid dienone is 3. The predicted octanol–water partition coefficient (Wildman–Crippen LogP) is 5.63. The Balaban J connectivity index is 1.98. The third kappa shape index (κ3) is 5.52. The van der Waals surface area contributed by atoms with E-state index >= 15 is 0 Å². The molecule has 1 aromatic heterocycles. The molecule has 0 aliphatic carbocycles. The third-order valence-electron chi connectivity index (χ3n) is 4.59. The molecule has 0 aliphatic rings. The summed E-state index contributed by atoms with van der Waals surface area (Å²) in [5.74, 6) is -0.792. The van der Waals surface area contributed by atoms with E-state index in [4.69, 9.17) is 4.42 Å². The zero-order valence-corrected chi connectivity index (χ0v) is 16.9.